The molecule has 0 spiro atoms. The molecule has 0 amide bonds. The maximum atomic E-state index is 13.0. The van der Waals surface area contributed by atoms with Gasteiger partial charge >= 0.3 is 0 Å². The third-order valence-electron chi connectivity index (χ3n) is 3.33. The number of halogens is 2. The molecule has 0 fully saturated rings. The predicted octanol–water partition coefficient (Wildman–Crippen LogP) is 3.90. The fourth-order valence-corrected chi connectivity index (χ4v) is 3.77. The topological polar surface area (TPSA) is 33.1 Å². The monoisotopic (exact) mass is 297 g/mol. The second-order valence-corrected chi connectivity index (χ2v) is 6.31. The van der Waals surface area contributed by atoms with Gasteiger partial charge in [-0.1, -0.05) is 17.7 Å². The first kappa shape index (κ1) is 13.0. The van der Waals surface area contributed by atoms with Crippen LogP contribution in [0.2, 0.25) is 5.02 Å². The number of aliphatic hydroxyl groups is 1. The highest BCUT2D eigenvalue weighted by Gasteiger charge is 2.22. The standard InChI is InChI=1S/C14H13ClFNOS/c15-10-7-9(16)5-4-8(10)6-13-17-14-11(18)2-1-3-12(14)19-13/h4-5,7,11,18H,1-3,6H2. The Hall–Kier alpha value is -0.970. The van der Waals surface area contributed by atoms with Crippen molar-refractivity contribution in [1.82, 2.24) is 4.98 Å². The molecule has 1 unspecified atom stereocenters. The van der Waals surface area contributed by atoms with Gasteiger partial charge in [-0.15, -0.1) is 11.3 Å². The van der Waals surface area contributed by atoms with Gasteiger partial charge in [0.05, 0.1) is 16.8 Å². The number of hydrogen-bond acceptors (Lipinski definition) is 3. The molecule has 1 atom stereocenters. The smallest absolute Gasteiger partial charge is 0.124 e. The molecule has 19 heavy (non-hydrogen) atoms. The molecule has 1 heterocycles. The van der Waals surface area contributed by atoms with Gasteiger partial charge in [-0.2, -0.15) is 0 Å². The van der Waals surface area contributed by atoms with E-state index in [0.717, 1.165) is 35.5 Å². The predicted molar refractivity (Wildman–Crippen MR) is 74.2 cm³/mol. The quantitative estimate of drug-likeness (QED) is 0.912. The maximum absolute atomic E-state index is 13.0. The number of rotatable bonds is 2. The van der Waals surface area contributed by atoms with Crippen molar-refractivity contribution in [3.63, 3.8) is 0 Å². The van der Waals surface area contributed by atoms with Crippen LogP contribution in [0.3, 0.4) is 0 Å². The molecule has 0 bridgehead atoms. The molecule has 1 aliphatic carbocycles. The Morgan fingerprint density at radius 2 is 2.32 bits per heavy atom. The van der Waals surface area contributed by atoms with Crippen molar-refractivity contribution in [2.75, 3.05) is 0 Å². The van der Waals surface area contributed by atoms with E-state index in [9.17, 15) is 9.50 Å². The molecule has 1 aliphatic rings. The summed E-state index contributed by atoms with van der Waals surface area (Å²) in [5.74, 6) is -0.331. The van der Waals surface area contributed by atoms with Crippen LogP contribution in [0.25, 0.3) is 0 Å². The van der Waals surface area contributed by atoms with Gasteiger partial charge in [-0.25, -0.2) is 9.37 Å². The molecule has 1 aromatic carbocycles. The van der Waals surface area contributed by atoms with Crippen LogP contribution in [-0.4, -0.2) is 10.1 Å². The van der Waals surface area contributed by atoms with Crippen molar-refractivity contribution in [3.8, 4) is 0 Å². The summed E-state index contributed by atoms with van der Waals surface area (Å²) < 4.78 is 13.0. The van der Waals surface area contributed by atoms with Crippen molar-refractivity contribution in [1.29, 1.82) is 0 Å². The average molecular weight is 298 g/mol. The first-order valence-electron chi connectivity index (χ1n) is 6.24. The highest BCUT2D eigenvalue weighted by molar-refractivity contribution is 7.11. The zero-order valence-electron chi connectivity index (χ0n) is 10.2. The van der Waals surface area contributed by atoms with Gasteiger partial charge in [0.15, 0.2) is 0 Å². The number of fused-ring (bicyclic) bond motifs is 1. The fourth-order valence-electron chi connectivity index (χ4n) is 2.35. The molecule has 3 rings (SSSR count). The van der Waals surface area contributed by atoms with E-state index in [1.807, 2.05) is 0 Å². The van der Waals surface area contributed by atoms with E-state index in [0.29, 0.717) is 11.4 Å². The summed E-state index contributed by atoms with van der Waals surface area (Å²) in [5.41, 5.74) is 1.69. The third kappa shape index (κ3) is 2.66. The van der Waals surface area contributed by atoms with E-state index in [1.54, 1.807) is 17.4 Å². The van der Waals surface area contributed by atoms with Crippen molar-refractivity contribution in [3.05, 3.63) is 50.2 Å². The SMILES string of the molecule is OC1CCCc2sc(Cc3ccc(F)cc3Cl)nc21. The lowest BCUT2D eigenvalue weighted by Crippen LogP contribution is -2.07. The van der Waals surface area contributed by atoms with Gasteiger partial charge in [0, 0.05) is 16.3 Å². The summed E-state index contributed by atoms with van der Waals surface area (Å²) >= 11 is 7.65. The zero-order chi connectivity index (χ0) is 13.4. The van der Waals surface area contributed by atoms with Crippen molar-refractivity contribution in [2.45, 2.75) is 31.8 Å². The lowest BCUT2D eigenvalue weighted by molar-refractivity contribution is 0.153. The van der Waals surface area contributed by atoms with Gasteiger partial charge in [0.1, 0.15) is 5.82 Å². The second-order valence-electron chi connectivity index (χ2n) is 4.74. The summed E-state index contributed by atoms with van der Waals surface area (Å²) in [6, 6.07) is 4.41. The summed E-state index contributed by atoms with van der Waals surface area (Å²) in [7, 11) is 0. The Morgan fingerprint density at radius 1 is 1.47 bits per heavy atom. The van der Waals surface area contributed by atoms with E-state index in [-0.39, 0.29) is 5.82 Å². The number of hydrogen-bond donors (Lipinski definition) is 1. The molecule has 0 radical (unpaired) electrons. The molecule has 0 aliphatic heterocycles. The van der Waals surface area contributed by atoms with Crippen molar-refractivity contribution < 1.29 is 9.50 Å². The van der Waals surface area contributed by atoms with Crippen LogP contribution in [0.1, 0.15) is 40.1 Å². The number of thiazole rings is 1. The minimum absolute atomic E-state index is 0.331. The molecule has 1 aromatic heterocycles. The molecule has 2 nitrogen and oxygen atoms in total. The Morgan fingerprint density at radius 3 is 3.05 bits per heavy atom. The Labute approximate surface area is 119 Å². The minimum Gasteiger partial charge on any atom is -0.387 e. The van der Waals surface area contributed by atoms with Crippen LogP contribution in [0.15, 0.2) is 18.2 Å². The first-order chi connectivity index (χ1) is 9.13. The number of benzene rings is 1. The van der Waals surface area contributed by atoms with Gasteiger partial charge in [0.2, 0.25) is 0 Å². The lowest BCUT2D eigenvalue weighted by Gasteiger charge is -2.14. The van der Waals surface area contributed by atoms with Gasteiger partial charge in [0.25, 0.3) is 0 Å². The van der Waals surface area contributed by atoms with Crippen molar-refractivity contribution >= 4 is 22.9 Å². The summed E-state index contributed by atoms with van der Waals surface area (Å²) in [4.78, 5) is 5.68. The average Bonchev–Trinajstić information content (AvgIpc) is 2.77. The van der Waals surface area contributed by atoms with E-state index in [1.165, 1.54) is 17.0 Å². The van der Waals surface area contributed by atoms with Crippen LogP contribution in [0, 0.1) is 5.82 Å². The molecule has 5 heteroatoms. The molecule has 2 aromatic rings. The van der Waals surface area contributed by atoms with Crippen LogP contribution in [0.5, 0.6) is 0 Å². The summed E-state index contributed by atoms with van der Waals surface area (Å²) in [5, 5.41) is 11.3. The van der Waals surface area contributed by atoms with Crippen LogP contribution >= 0.6 is 22.9 Å². The van der Waals surface area contributed by atoms with E-state index in [4.69, 9.17) is 11.6 Å². The Balaban J connectivity index is 1.87. The molecule has 1 N–H and O–H groups in total. The second kappa shape index (κ2) is 5.19. The largest absolute Gasteiger partial charge is 0.387 e. The van der Waals surface area contributed by atoms with Gasteiger partial charge in [-0.05, 0) is 37.0 Å². The zero-order valence-corrected chi connectivity index (χ0v) is 11.8. The summed E-state index contributed by atoms with van der Waals surface area (Å²) in [6.45, 7) is 0. The maximum Gasteiger partial charge on any atom is 0.124 e. The Kier molecular flexibility index (Phi) is 3.56. The molecular formula is C14H13ClFNOS. The minimum atomic E-state index is -0.433. The third-order valence-corrected chi connectivity index (χ3v) is 4.81. The molecular weight excluding hydrogens is 285 g/mol. The normalized spacial score (nSPS) is 18.4. The number of aryl methyl sites for hydroxylation is 1. The van der Waals surface area contributed by atoms with E-state index >= 15 is 0 Å². The van der Waals surface area contributed by atoms with Crippen molar-refractivity contribution in [2.24, 2.45) is 0 Å². The number of nitrogens with zero attached hydrogens (tertiary/aromatic N) is 1. The van der Waals surface area contributed by atoms with E-state index in [2.05, 4.69) is 4.98 Å². The first-order valence-corrected chi connectivity index (χ1v) is 7.43. The molecule has 0 saturated carbocycles. The van der Waals surface area contributed by atoms with Gasteiger partial charge in [-0.3, -0.25) is 0 Å². The van der Waals surface area contributed by atoms with Gasteiger partial charge < -0.3 is 5.11 Å². The van der Waals surface area contributed by atoms with Crippen LogP contribution < -0.4 is 0 Å². The van der Waals surface area contributed by atoms with E-state index < -0.39 is 6.10 Å². The number of aliphatic hydroxyl groups excluding tert-OH is 1. The van der Waals surface area contributed by atoms with Crippen LogP contribution in [-0.2, 0) is 12.8 Å². The highest BCUT2D eigenvalue weighted by Crippen LogP contribution is 2.34. The Bertz CT molecular complexity index is 613. The number of aromatic nitrogens is 1. The summed E-state index contributed by atoms with van der Waals surface area (Å²) in [6.07, 6.45) is 2.93. The highest BCUT2D eigenvalue weighted by atomic mass is 35.5. The fraction of sp³-hybridized carbons (Fsp3) is 0.357. The van der Waals surface area contributed by atoms with Crippen LogP contribution in [0.4, 0.5) is 4.39 Å². The lowest BCUT2D eigenvalue weighted by atomic mass is 10.0. The molecule has 0 saturated heterocycles. The molecule has 100 valence electrons.